The minimum Gasteiger partial charge on any atom is -0.488 e. The van der Waals surface area contributed by atoms with E-state index in [1.165, 1.54) is 0 Å². The summed E-state index contributed by atoms with van der Waals surface area (Å²) >= 11 is 0. The third-order valence-corrected chi connectivity index (χ3v) is 5.77. The summed E-state index contributed by atoms with van der Waals surface area (Å²) in [6.45, 7) is 2.28. The largest absolute Gasteiger partial charge is 0.488 e. The molecule has 0 bridgehead atoms. The van der Waals surface area contributed by atoms with Crippen molar-refractivity contribution in [2.24, 2.45) is 0 Å². The van der Waals surface area contributed by atoms with Gasteiger partial charge in [-0.3, -0.25) is 4.79 Å². The zero-order chi connectivity index (χ0) is 22.9. The van der Waals surface area contributed by atoms with Gasteiger partial charge in [0.15, 0.2) is 0 Å². The predicted molar refractivity (Wildman–Crippen MR) is 128 cm³/mol. The lowest BCUT2D eigenvalue weighted by Crippen LogP contribution is -2.04. The number of anilines is 1. The van der Waals surface area contributed by atoms with Crippen LogP contribution in [0.4, 0.5) is 5.82 Å². The van der Waals surface area contributed by atoms with Crippen molar-refractivity contribution in [2.75, 3.05) is 5.73 Å². The summed E-state index contributed by atoms with van der Waals surface area (Å²) in [6, 6.07) is 19.5. The van der Waals surface area contributed by atoms with Gasteiger partial charge >= 0.3 is 5.97 Å². The first-order chi connectivity index (χ1) is 16.0. The lowest BCUT2D eigenvalue weighted by Gasteiger charge is -2.10. The Bertz CT molecular complexity index is 1500. The van der Waals surface area contributed by atoms with Crippen LogP contribution in [0.15, 0.2) is 77.5 Å². The maximum absolute atomic E-state index is 11.2. The van der Waals surface area contributed by atoms with Crippen molar-refractivity contribution in [3.05, 3.63) is 89.8 Å². The van der Waals surface area contributed by atoms with E-state index >= 15 is 0 Å². The summed E-state index contributed by atoms with van der Waals surface area (Å²) in [7, 11) is 0. The van der Waals surface area contributed by atoms with E-state index in [-0.39, 0.29) is 13.0 Å². The zero-order valence-electron chi connectivity index (χ0n) is 18.0. The smallest absolute Gasteiger partial charge is 0.307 e. The SMILES string of the molecule is Cc1cc(-c2ccc3ccnc(N)c3c2)cc2c(COc3ccccc3CC(=O)O)coc12. The fourth-order valence-corrected chi connectivity index (χ4v) is 4.12. The van der Waals surface area contributed by atoms with Crippen molar-refractivity contribution < 1.29 is 19.1 Å². The van der Waals surface area contributed by atoms with Crippen LogP contribution >= 0.6 is 0 Å². The van der Waals surface area contributed by atoms with E-state index in [0.29, 0.717) is 17.1 Å². The van der Waals surface area contributed by atoms with Crippen LogP contribution < -0.4 is 10.5 Å². The van der Waals surface area contributed by atoms with Crippen molar-refractivity contribution in [3.8, 4) is 16.9 Å². The standard InChI is InChI=1S/C27H22N2O4/c1-16-10-20(18-7-6-17-8-9-29-27(28)23(17)11-18)12-22-21(15-33-26(16)22)14-32-24-5-3-2-4-19(24)13-25(30)31/h2-12,15H,13-14H2,1H3,(H2,28,29)(H,30,31). The first kappa shape index (κ1) is 20.6. The number of carbonyl (C=O) groups is 1. The van der Waals surface area contributed by atoms with Crippen molar-refractivity contribution in [2.45, 2.75) is 20.0 Å². The number of ether oxygens (including phenoxy) is 1. The average Bonchev–Trinajstić information content (AvgIpc) is 3.22. The Balaban J connectivity index is 1.50. The van der Waals surface area contributed by atoms with Crippen LogP contribution in [-0.4, -0.2) is 16.1 Å². The number of pyridine rings is 1. The second-order valence-corrected chi connectivity index (χ2v) is 8.03. The maximum Gasteiger partial charge on any atom is 0.307 e. The second kappa shape index (κ2) is 8.31. The van der Waals surface area contributed by atoms with Gasteiger partial charge in [-0.1, -0.05) is 30.3 Å². The molecule has 0 saturated carbocycles. The first-order valence-corrected chi connectivity index (χ1v) is 10.6. The number of nitrogen functional groups attached to an aromatic ring is 1. The Morgan fingerprint density at radius 3 is 2.70 bits per heavy atom. The summed E-state index contributed by atoms with van der Waals surface area (Å²) in [5, 5.41) is 12.1. The summed E-state index contributed by atoms with van der Waals surface area (Å²) in [4.78, 5) is 15.4. The van der Waals surface area contributed by atoms with Gasteiger partial charge in [-0.15, -0.1) is 0 Å². The molecule has 3 N–H and O–H groups in total. The maximum atomic E-state index is 11.2. The van der Waals surface area contributed by atoms with Gasteiger partial charge in [0.2, 0.25) is 0 Å². The number of aliphatic carboxylic acids is 1. The minimum atomic E-state index is -0.897. The molecule has 0 aliphatic carbocycles. The van der Waals surface area contributed by atoms with E-state index in [1.807, 2.05) is 25.1 Å². The molecule has 3 aromatic carbocycles. The number of para-hydroxylation sites is 1. The van der Waals surface area contributed by atoms with Crippen LogP contribution in [0, 0.1) is 6.92 Å². The second-order valence-electron chi connectivity index (χ2n) is 8.03. The van der Waals surface area contributed by atoms with E-state index in [1.54, 1.807) is 30.7 Å². The van der Waals surface area contributed by atoms with Crippen LogP contribution in [0.1, 0.15) is 16.7 Å². The molecule has 5 rings (SSSR count). The molecule has 0 amide bonds. The fraction of sp³-hybridized carbons (Fsp3) is 0.111. The molecular weight excluding hydrogens is 416 g/mol. The normalized spacial score (nSPS) is 11.2. The number of aromatic nitrogens is 1. The van der Waals surface area contributed by atoms with Crippen molar-refractivity contribution in [1.29, 1.82) is 0 Å². The zero-order valence-corrected chi connectivity index (χ0v) is 18.0. The van der Waals surface area contributed by atoms with Crippen LogP contribution in [0.3, 0.4) is 0 Å². The Kier molecular flexibility index (Phi) is 5.18. The van der Waals surface area contributed by atoms with E-state index < -0.39 is 5.97 Å². The van der Waals surface area contributed by atoms with Gasteiger partial charge in [-0.2, -0.15) is 0 Å². The molecule has 2 heterocycles. The van der Waals surface area contributed by atoms with Crippen molar-refractivity contribution >= 4 is 33.5 Å². The number of aryl methyl sites for hydroxylation is 1. The number of nitrogens with zero attached hydrogens (tertiary/aromatic N) is 1. The number of benzene rings is 3. The number of hydrogen-bond acceptors (Lipinski definition) is 5. The molecular formula is C27H22N2O4. The number of fused-ring (bicyclic) bond motifs is 2. The van der Waals surface area contributed by atoms with Gasteiger partial charge < -0.3 is 20.0 Å². The monoisotopic (exact) mass is 438 g/mol. The molecule has 0 aliphatic heterocycles. The van der Waals surface area contributed by atoms with Gasteiger partial charge in [-0.05, 0) is 59.3 Å². The Morgan fingerprint density at radius 2 is 1.85 bits per heavy atom. The molecule has 0 radical (unpaired) electrons. The molecule has 5 aromatic rings. The molecule has 0 spiro atoms. The van der Waals surface area contributed by atoms with Gasteiger partial charge in [0.25, 0.3) is 0 Å². The number of carboxylic acid groups (broad SMARTS) is 1. The third-order valence-electron chi connectivity index (χ3n) is 5.77. The van der Waals surface area contributed by atoms with Gasteiger partial charge in [-0.25, -0.2) is 4.98 Å². The summed E-state index contributed by atoms with van der Waals surface area (Å²) in [5.74, 6) is 0.163. The number of hydrogen-bond donors (Lipinski definition) is 2. The van der Waals surface area contributed by atoms with Crippen molar-refractivity contribution in [1.82, 2.24) is 4.98 Å². The van der Waals surface area contributed by atoms with Crippen LogP contribution in [0.2, 0.25) is 0 Å². The highest BCUT2D eigenvalue weighted by Gasteiger charge is 2.14. The van der Waals surface area contributed by atoms with Crippen LogP contribution in [-0.2, 0) is 17.8 Å². The molecule has 0 unspecified atom stereocenters. The molecule has 6 heteroatoms. The number of nitrogens with two attached hydrogens (primary N) is 1. The summed E-state index contributed by atoms with van der Waals surface area (Å²) in [6.07, 6.45) is 3.31. The van der Waals surface area contributed by atoms with Gasteiger partial charge in [0, 0.05) is 28.1 Å². The van der Waals surface area contributed by atoms with E-state index in [2.05, 4.69) is 29.2 Å². The topological polar surface area (TPSA) is 98.6 Å². The summed E-state index contributed by atoms with van der Waals surface area (Å²) in [5.41, 5.74) is 11.5. The minimum absolute atomic E-state index is 0.0918. The molecule has 164 valence electrons. The fourth-order valence-electron chi connectivity index (χ4n) is 4.12. The molecule has 0 saturated heterocycles. The first-order valence-electron chi connectivity index (χ1n) is 10.6. The Labute approximate surface area is 190 Å². The molecule has 6 nitrogen and oxygen atoms in total. The molecule has 0 fully saturated rings. The highest BCUT2D eigenvalue weighted by atomic mass is 16.5. The lowest BCUT2D eigenvalue weighted by atomic mass is 9.98. The average molecular weight is 438 g/mol. The summed E-state index contributed by atoms with van der Waals surface area (Å²) < 4.78 is 11.8. The molecule has 33 heavy (non-hydrogen) atoms. The number of furan rings is 1. The van der Waals surface area contributed by atoms with E-state index in [4.69, 9.17) is 20.0 Å². The molecule has 0 aliphatic rings. The van der Waals surface area contributed by atoms with Crippen LogP contribution in [0.5, 0.6) is 5.75 Å². The Morgan fingerprint density at radius 1 is 1.03 bits per heavy atom. The highest BCUT2D eigenvalue weighted by molar-refractivity contribution is 5.96. The molecule has 2 aromatic heterocycles. The quantitative estimate of drug-likeness (QED) is 0.350. The Hall–Kier alpha value is -4.32. The molecule has 0 atom stereocenters. The predicted octanol–water partition coefficient (Wildman–Crippen LogP) is 5.74. The van der Waals surface area contributed by atoms with Crippen molar-refractivity contribution in [3.63, 3.8) is 0 Å². The highest BCUT2D eigenvalue weighted by Crippen LogP contribution is 2.33. The van der Waals surface area contributed by atoms with E-state index in [9.17, 15) is 4.79 Å². The third kappa shape index (κ3) is 3.99. The number of rotatable bonds is 6. The number of carboxylic acids is 1. The van der Waals surface area contributed by atoms with Gasteiger partial charge in [0.1, 0.15) is 23.8 Å². The van der Waals surface area contributed by atoms with Crippen LogP contribution in [0.25, 0.3) is 32.9 Å². The van der Waals surface area contributed by atoms with Gasteiger partial charge in [0.05, 0.1) is 12.7 Å². The lowest BCUT2D eigenvalue weighted by molar-refractivity contribution is -0.136. The van der Waals surface area contributed by atoms with E-state index in [0.717, 1.165) is 44.0 Å².